The van der Waals surface area contributed by atoms with Crippen molar-refractivity contribution in [1.82, 2.24) is 4.90 Å². The van der Waals surface area contributed by atoms with Crippen molar-refractivity contribution in [3.8, 4) is 0 Å². The number of nitrogens with zero attached hydrogens (tertiary/aromatic N) is 1. The largest absolute Gasteiger partial charge is 0.301 e. The summed E-state index contributed by atoms with van der Waals surface area (Å²) >= 11 is 0. The molecule has 1 aromatic rings. The van der Waals surface area contributed by atoms with Gasteiger partial charge in [-0.2, -0.15) is 0 Å². The standard InChI is InChI=1S/C12H19NO2S/c1-11-6-4-5-7-12(11)10-13(2)8-9-16(3,14)15/h4-7H,8-10H2,1-3H3. The summed E-state index contributed by atoms with van der Waals surface area (Å²) < 4.78 is 22.1. The van der Waals surface area contributed by atoms with Gasteiger partial charge in [0.05, 0.1) is 5.75 Å². The molecule has 0 aliphatic heterocycles. The molecule has 0 bridgehead atoms. The van der Waals surface area contributed by atoms with Gasteiger partial charge in [0.15, 0.2) is 0 Å². The van der Waals surface area contributed by atoms with Gasteiger partial charge in [-0.1, -0.05) is 24.3 Å². The highest BCUT2D eigenvalue weighted by Crippen LogP contribution is 2.09. The van der Waals surface area contributed by atoms with Crippen LogP contribution in [0.2, 0.25) is 0 Å². The molecule has 0 heterocycles. The Bertz CT molecular complexity index is 440. The Labute approximate surface area is 98.0 Å². The Hall–Kier alpha value is -0.870. The molecule has 4 heteroatoms. The number of sulfone groups is 1. The van der Waals surface area contributed by atoms with Gasteiger partial charge in [-0.15, -0.1) is 0 Å². The van der Waals surface area contributed by atoms with Crippen LogP contribution in [0.3, 0.4) is 0 Å². The van der Waals surface area contributed by atoms with E-state index in [2.05, 4.69) is 19.1 Å². The Balaban J connectivity index is 2.52. The van der Waals surface area contributed by atoms with E-state index in [0.717, 1.165) is 6.54 Å². The Morgan fingerprint density at radius 1 is 1.25 bits per heavy atom. The monoisotopic (exact) mass is 241 g/mol. The third-order valence-corrected chi connectivity index (χ3v) is 3.47. The highest BCUT2D eigenvalue weighted by molar-refractivity contribution is 7.90. The van der Waals surface area contributed by atoms with Crippen molar-refractivity contribution in [3.63, 3.8) is 0 Å². The SMILES string of the molecule is Cc1ccccc1CN(C)CCS(C)(=O)=O. The first-order valence-electron chi connectivity index (χ1n) is 5.29. The van der Waals surface area contributed by atoms with Crippen molar-refractivity contribution in [2.75, 3.05) is 25.6 Å². The van der Waals surface area contributed by atoms with Gasteiger partial charge in [0.25, 0.3) is 0 Å². The van der Waals surface area contributed by atoms with Crippen molar-refractivity contribution < 1.29 is 8.42 Å². The van der Waals surface area contributed by atoms with Crippen LogP contribution in [-0.4, -0.2) is 38.9 Å². The van der Waals surface area contributed by atoms with Crippen LogP contribution < -0.4 is 0 Å². The fraction of sp³-hybridized carbons (Fsp3) is 0.500. The molecule has 0 fully saturated rings. The summed E-state index contributed by atoms with van der Waals surface area (Å²) in [4.78, 5) is 2.03. The maximum absolute atomic E-state index is 11.0. The maximum atomic E-state index is 11.0. The summed E-state index contributed by atoms with van der Waals surface area (Å²) in [5.41, 5.74) is 2.49. The molecule has 0 atom stereocenters. The van der Waals surface area contributed by atoms with E-state index in [1.807, 2.05) is 24.1 Å². The van der Waals surface area contributed by atoms with Gasteiger partial charge in [0, 0.05) is 19.3 Å². The molecule has 0 aliphatic rings. The molecule has 0 unspecified atom stereocenters. The molecule has 1 aromatic carbocycles. The minimum Gasteiger partial charge on any atom is -0.301 e. The number of aryl methyl sites for hydroxylation is 1. The first-order chi connectivity index (χ1) is 7.38. The lowest BCUT2D eigenvalue weighted by atomic mass is 10.1. The Morgan fingerprint density at radius 2 is 1.88 bits per heavy atom. The van der Waals surface area contributed by atoms with Crippen molar-refractivity contribution >= 4 is 9.84 Å². The molecule has 0 saturated carbocycles. The molecule has 0 amide bonds. The van der Waals surface area contributed by atoms with Crippen LogP contribution in [0.4, 0.5) is 0 Å². The number of rotatable bonds is 5. The average Bonchev–Trinajstić information content (AvgIpc) is 2.18. The summed E-state index contributed by atoms with van der Waals surface area (Å²) in [5.74, 6) is 0.218. The third-order valence-electron chi connectivity index (χ3n) is 2.55. The van der Waals surface area contributed by atoms with Gasteiger partial charge in [-0.25, -0.2) is 8.42 Å². The van der Waals surface area contributed by atoms with Crippen LogP contribution in [0, 0.1) is 6.92 Å². The minimum absolute atomic E-state index is 0.218. The number of hydrogen-bond acceptors (Lipinski definition) is 3. The van der Waals surface area contributed by atoms with Crippen LogP contribution in [0.1, 0.15) is 11.1 Å². The maximum Gasteiger partial charge on any atom is 0.148 e. The molecule has 16 heavy (non-hydrogen) atoms. The lowest BCUT2D eigenvalue weighted by Crippen LogP contribution is -2.25. The first-order valence-corrected chi connectivity index (χ1v) is 7.35. The van der Waals surface area contributed by atoms with Gasteiger partial charge in [0.2, 0.25) is 0 Å². The zero-order chi connectivity index (χ0) is 12.2. The topological polar surface area (TPSA) is 37.4 Å². The molecular formula is C12H19NO2S. The molecule has 0 N–H and O–H groups in total. The zero-order valence-corrected chi connectivity index (χ0v) is 10.9. The fourth-order valence-corrected chi connectivity index (χ4v) is 2.12. The predicted octanol–water partition coefficient (Wildman–Crippen LogP) is 1.47. The molecule has 0 aromatic heterocycles. The summed E-state index contributed by atoms with van der Waals surface area (Å²) in [6.07, 6.45) is 1.27. The van der Waals surface area contributed by atoms with Gasteiger partial charge in [-0.3, -0.25) is 0 Å². The van der Waals surface area contributed by atoms with E-state index < -0.39 is 9.84 Å². The summed E-state index contributed by atoms with van der Waals surface area (Å²) in [5, 5.41) is 0. The third kappa shape index (κ3) is 4.77. The van der Waals surface area contributed by atoms with E-state index in [4.69, 9.17) is 0 Å². The van der Waals surface area contributed by atoms with Crippen molar-refractivity contribution in [1.29, 1.82) is 0 Å². The molecule has 0 radical (unpaired) electrons. The normalized spacial score (nSPS) is 12.0. The number of benzene rings is 1. The van der Waals surface area contributed by atoms with Crippen molar-refractivity contribution in [2.24, 2.45) is 0 Å². The second kappa shape index (κ2) is 5.46. The summed E-state index contributed by atoms with van der Waals surface area (Å²) in [6, 6.07) is 8.16. The molecule has 90 valence electrons. The zero-order valence-electron chi connectivity index (χ0n) is 10.1. The molecule has 0 spiro atoms. The van der Waals surface area contributed by atoms with Gasteiger partial charge >= 0.3 is 0 Å². The highest BCUT2D eigenvalue weighted by Gasteiger charge is 2.06. The Kier molecular flexibility index (Phi) is 4.50. The number of hydrogen-bond donors (Lipinski definition) is 0. The van der Waals surface area contributed by atoms with Crippen LogP contribution in [0.25, 0.3) is 0 Å². The van der Waals surface area contributed by atoms with Crippen molar-refractivity contribution in [2.45, 2.75) is 13.5 Å². The van der Waals surface area contributed by atoms with Crippen LogP contribution in [0.5, 0.6) is 0 Å². The predicted molar refractivity (Wildman–Crippen MR) is 67.2 cm³/mol. The van der Waals surface area contributed by atoms with Gasteiger partial charge in [0.1, 0.15) is 9.84 Å². The second-order valence-corrected chi connectivity index (χ2v) is 6.55. The van der Waals surface area contributed by atoms with E-state index in [1.54, 1.807) is 0 Å². The van der Waals surface area contributed by atoms with Crippen LogP contribution >= 0.6 is 0 Å². The van der Waals surface area contributed by atoms with Gasteiger partial charge < -0.3 is 4.90 Å². The van der Waals surface area contributed by atoms with Crippen LogP contribution in [-0.2, 0) is 16.4 Å². The van der Waals surface area contributed by atoms with E-state index in [9.17, 15) is 8.42 Å². The Morgan fingerprint density at radius 3 is 2.44 bits per heavy atom. The van der Waals surface area contributed by atoms with E-state index in [1.165, 1.54) is 17.4 Å². The molecular weight excluding hydrogens is 222 g/mol. The lowest BCUT2D eigenvalue weighted by Gasteiger charge is -2.17. The molecule has 0 saturated heterocycles. The lowest BCUT2D eigenvalue weighted by molar-refractivity contribution is 0.345. The van der Waals surface area contributed by atoms with Crippen molar-refractivity contribution in [3.05, 3.63) is 35.4 Å². The van der Waals surface area contributed by atoms with Crippen LogP contribution in [0.15, 0.2) is 24.3 Å². The smallest absolute Gasteiger partial charge is 0.148 e. The summed E-state index contributed by atoms with van der Waals surface area (Å²) in [7, 11) is -0.921. The van der Waals surface area contributed by atoms with E-state index in [0.29, 0.717) is 6.54 Å². The first kappa shape index (κ1) is 13.2. The average molecular weight is 241 g/mol. The molecule has 0 aliphatic carbocycles. The molecule has 1 rings (SSSR count). The second-order valence-electron chi connectivity index (χ2n) is 4.29. The highest BCUT2D eigenvalue weighted by atomic mass is 32.2. The quantitative estimate of drug-likeness (QED) is 0.783. The van der Waals surface area contributed by atoms with E-state index >= 15 is 0 Å². The summed E-state index contributed by atoms with van der Waals surface area (Å²) in [6.45, 7) is 3.44. The van der Waals surface area contributed by atoms with Gasteiger partial charge in [-0.05, 0) is 25.1 Å². The fourth-order valence-electron chi connectivity index (χ4n) is 1.48. The van der Waals surface area contributed by atoms with E-state index in [-0.39, 0.29) is 5.75 Å². The molecule has 3 nitrogen and oxygen atoms in total. The minimum atomic E-state index is -2.86.